The molecule has 2 aromatic carbocycles. The van der Waals surface area contributed by atoms with Gasteiger partial charge in [-0.3, -0.25) is 24.4 Å². The van der Waals surface area contributed by atoms with Crippen molar-refractivity contribution in [2.24, 2.45) is 0 Å². The summed E-state index contributed by atoms with van der Waals surface area (Å²) in [4.78, 5) is 38.0. The van der Waals surface area contributed by atoms with Gasteiger partial charge >= 0.3 is 23.8 Å². The fourth-order valence-electron chi connectivity index (χ4n) is 4.90. The lowest BCUT2D eigenvalue weighted by atomic mass is 10.0. The third-order valence-corrected chi connectivity index (χ3v) is 7.21. The predicted molar refractivity (Wildman–Crippen MR) is 129 cm³/mol. The number of ether oxygens (including phenoxy) is 2. The number of carbonyl (C=O) groups excluding carboxylic acids is 3. The minimum absolute atomic E-state index is 0.00154. The first-order valence-electron chi connectivity index (χ1n) is 12.3. The van der Waals surface area contributed by atoms with Crippen LogP contribution in [0.1, 0.15) is 39.9 Å². The Morgan fingerprint density at radius 1 is 0.878 bits per heavy atom. The third-order valence-electron chi connectivity index (χ3n) is 7.21. The lowest BCUT2D eigenvalue weighted by molar-refractivity contribution is -0.659. The normalized spacial score (nSPS) is 24.6. The fourth-order valence-corrected chi connectivity index (χ4v) is 4.90. The van der Waals surface area contributed by atoms with Gasteiger partial charge in [-0.25, -0.2) is 0 Å². The van der Waals surface area contributed by atoms with Gasteiger partial charge < -0.3 is 50.5 Å². The number of piperidine rings is 1. The molecule has 220 valence electrons. The number of nitrogens with one attached hydrogen (secondary N) is 1. The molecular weight excluding hydrogens is 550 g/mol. The summed E-state index contributed by atoms with van der Waals surface area (Å²) in [5.41, 5.74) is 1.65. The minimum Gasteiger partial charge on any atom is -0.489 e. The number of hydrogen-bond acceptors (Lipinski definition) is 14. The van der Waals surface area contributed by atoms with E-state index in [2.05, 4.69) is 10.1 Å². The van der Waals surface area contributed by atoms with Crippen LogP contribution in [0.5, 0.6) is 5.75 Å². The molecule has 16 nitrogen and oxygen atoms in total. The number of aliphatic hydroxyl groups is 8. The molecule has 9 N–H and O–H groups in total. The molecule has 16 heteroatoms. The molecule has 1 unspecified atom stereocenters. The smallest absolute Gasteiger partial charge is 0.356 e. The summed E-state index contributed by atoms with van der Waals surface area (Å²) in [6.45, 7) is -0.736. The molecule has 41 heavy (non-hydrogen) atoms. The summed E-state index contributed by atoms with van der Waals surface area (Å²) in [6, 6.07) is 9.92. The number of rotatable bonds is 6. The molecule has 0 spiro atoms. The lowest BCUT2D eigenvalue weighted by Crippen LogP contribution is -2.83. The van der Waals surface area contributed by atoms with Crippen LogP contribution in [0.25, 0.3) is 0 Å². The summed E-state index contributed by atoms with van der Waals surface area (Å²) in [5, 5.41) is 81.5. The molecule has 2 saturated heterocycles. The molecule has 5 rings (SSSR count). The number of fused-ring (bicyclic) bond motifs is 1. The molecule has 2 aromatic rings. The highest BCUT2D eigenvalue weighted by Gasteiger charge is 2.74. The van der Waals surface area contributed by atoms with Gasteiger partial charge in [-0.2, -0.15) is 4.90 Å². The number of hydrogen-bond donors (Lipinski definition) is 9. The quantitative estimate of drug-likeness (QED) is 0.119. The SMILES string of the molecule is O=C1CCC(N2Cc3c(OCc4ccc(CN5C(O)(O)C(O)(O)OC(O)(O)C5(O)O)cc4)cccc3C2=O)C(=O)N1. The van der Waals surface area contributed by atoms with Crippen molar-refractivity contribution in [1.29, 1.82) is 0 Å². The summed E-state index contributed by atoms with van der Waals surface area (Å²) in [7, 11) is 0. The van der Waals surface area contributed by atoms with Gasteiger partial charge in [0.2, 0.25) is 11.8 Å². The van der Waals surface area contributed by atoms with Crippen LogP contribution in [-0.4, -0.2) is 98.2 Å². The van der Waals surface area contributed by atoms with Crippen LogP contribution >= 0.6 is 0 Å². The van der Waals surface area contributed by atoms with E-state index < -0.39 is 42.3 Å². The van der Waals surface area contributed by atoms with Gasteiger partial charge in [-0.05, 0) is 29.7 Å². The number of morpholine rings is 1. The Kier molecular flexibility index (Phi) is 6.91. The van der Waals surface area contributed by atoms with Crippen LogP contribution in [0, 0.1) is 0 Å². The summed E-state index contributed by atoms with van der Waals surface area (Å²) in [6.07, 6.45) is 0.340. The van der Waals surface area contributed by atoms with Gasteiger partial charge in [0.1, 0.15) is 18.4 Å². The Morgan fingerprint density at radius 2 is 1.49 bits per heavy atom. The van der Waals surface area contributed by atoms with Crippen LogP contribution in [-0.2, 0) is 34.0 Å². The fraction of sp³-hybridized carbons (Fsp3) is 0.400. The standard InChI is InChI=1S/C25H27N3O13/c29-19-9-8-17(20(30)26-19)27-11-16-15(21(27)31)2-1-3-18(16)40-12-14-6-4-13(5-7-14)10-28-22(32,33)24(36,37)41-25(38,39)23(28,34)35/h1-7,17,32-39H,8-12H2,(H,26,29,30). The molecule has 0 saturated carbocycles. The molecule has 3 aliphatic rings. The number of nitrogens with zero attached hydrogens (tertiary/aromatic N) is 2. The van der Waals surface area contributed by atoms with Gasteiger partial charge in [-0.15, -0.1) is 0 Å². The molecule has 3 amide bonds. The summed E-state index contributed by atoms with van der Waals surface area (Å²) < 4.78 is 9.77. The maximum atomic E-state index is 13.0. The van der Waals surface area contributed by atoms with Crippen molar-refractivity contribution in [3.63, 3.8) is 0 Å². The van der Waals surface area contributed by atoms with Crippen LogP contribution in [0.2, 0.25) is 0 Å². The second-order valence-corrected chi connectivity index (χ2v) is 9.96. The van der Waals surface area contributed by atoms with Crippen LogP contribution in [0.4, 0.5) is 0 Å². The molecule has 3 aliphatic heterocycles. The van der Waals surface area contributed by atoms with E-state index in [1.165, 1.54) is 29.2 Å². The maximum Gasteiger partial charge on any atom is 0.356 e. The molecule has 0 aliphatic carbocycles. The van der Waals surface area contributed by atoms with Crippen molar-refractivity contribution in [2.45, 2.75) is 62.3 Å². The van der Waals surface area contributed by atoms with Gasteiger partial charge in [0.25, 0.3) is 5.91 Å². The van der Waals surface area contributed by atoms with Gasteiger partial charge in [-0.1, -0.05) is 30.3 Å². The highest BCUT2D eigenvalue weighted by atomic mass is 16.9. The van der Waals surface area contributed by atoms with Crippen molar-refractivity contribution in [1.82, 2.24) is 15.1 Å². The first kappa shape index (κ1) is 29.0. The van der Waals surface area contributed by atoms with E-state index in [0.717, 1.165) is 0 Å². The van der Waals surface area contributed by atoms with Crippen molar-refractivity contribution < 1.29 is 64.7 Å². The number of amides is 3. The van der Waals surface area contributed by atoms with E-state index in [1.807, 2.05) is 0 Å². The first-order valence-corrected chi connectivity index (χ1v) is 12.3. The van der Waals surface area contributed by atoms with Crippen molar-refractivity contribution in [3.8, 4) is 5.75 Å². The highest BCUT2D eigenvalue weighted by Crippen LogP contribution is 2.42. The van der Waals surface area contributed by atoms with E-state index in [1.54, 1.807) is 18.2 Å². The highest BCUT2D eigenvalue weighted by molar-refractivity contribution is 6.05. The van der Waals surface area contributed by atoms with Gasteiger partial charge in [0.05, 0.1) is 6.54 Å². The second-order valence-electron chi connectivity index (χ2n) is 9.96. The Morgan fingerprint density at radius 3 is 2.10 bits per heavy atom. The molecule has 3 heterocycles. The van der Waals surface area contributed by atoms with E-state index in [-0.39, 0.29) is 48.3 Å². The van der Waals surface area contributed by atoms with E-state index in [4.69, 9.17) is 4.74 Å². The number of carbonyl (C=O) groups is 3. The average molecular weight is 577 g/mol. The molecule has 1 atom stereocenters. The third kappa shape index (κ3) is 4.85. The van der Waals surface area contributed by atoms with Gasteiger partial charge in [0, 0.05) is 24.1 Å². The summed E-state index contributed by atoms with van der Waals surface area (Å²) >= 11 is 0. The zero-order valence-electron chi connectivity index (χ0n) is 21.2. The zero-order valence-corrected chi connectivity index (χ0v) is 21.2. The molecule has 0 bridgehead atoms. The molecular formula is C25H27N3O13. The lowest BCUT2D eigenvalue weighted by Gasteiger charge is -2.55. The molecule has 0 aromatic heterocycles. The topological polar surface area (TPSA) is 250 Å². The molecule has 0 radical (unpaired) electrons. The molecule has 2 fully saturated rings. The monoisotopic (exact) mass is 577 g/mol. The maximum absolute atomic E-state index is 13.0. The number of imide groups is 1. The van der Waals surface area contributed by atoms with E-state index in [0.29, 0.717) is 22.4 Å². The average Bonchev–Trinajstić information content (AvgIpc) is 3.21. The van der Waals surface area contributed by atoms with Crippen molar-refractivity contribution in [2.75, 3.05) is 0 Å². The van der Waals surface area contributed by atoms with Crippen LogP contribution in [0.3, 0.4) is 0 Å². The number of benzene rings is 2. The second kappa shape index (κ2) is 9.78. The summed E-state index contributed by atoms with van der Waals surface area (Å²) in [5.74, 6) is -16.8. The van der Waals surface area contributed by atoms with Gasteiger partial charge in [0.15, 0.2) is 0 Å². The van der Waals surface area contributed by atoms with Crippen LogP contribution < -0.4 is 10.1 Å². The van der Waals surface area contributed by atoms with Crippen molar-refractivity contribution in [3.05, 3.63) is 64.7 Å². The Hall–Kier alpha value is -3.55. The largest absolute Gasteiger partial charge is 0.489 e. The van der Waals surface area contributed by atoms with E-state index >= 15 is 0 Å². The Bertz CT molecular complexity index is 1360. The zero-order chi connectivity index (χ0) is 30.0. The first-order chi connectivity index (χ1) is 19.0. The van der Waals surface area contributed by atoms with E-state index in [9.17, 15) is 55.2 Å². The van der Waals surface area contributed by atoms with Crippen LogP contribution in [0.15, 0.2) is 42.5 Å². The minimum atomic E-state index is -4.04. The Labute approximate surface area is 230 Å². The van der Waals surface area contributed by atoms with Crippen molar-refractivity contribution >= 4 is 17.7 Å². The Balaban J connectivity index is 1.28. The predicted octanol–water partition coefficient (Wildman–Crippen LogP) is -3.59.